The molecule has 0 bridgehead atoms. The molecule has 1 rings (SSSR count). The van der Waals surface area contributed by atoms with Crippen molar-refractivity contribution >= 4 is 17.9 Å². The van der Waals surface area contributed by atoms with Gasteiger partial charge in [-0.15, -0.1) is 0 Å². The first-order valence-electron chi connectivity index (χ1n) is 4.02. The van der Waals surface area contributed by atoms with E-state index < -0.39 is 6.09 Å². The van der Waals surface area contributed by atoms with Gasteiger partial charge in [0.2, 0.25) is 0 Å². The monoisotopic (exact) mass is 190 g/mol. The standard InChI is InChI=1S/C7H14N2O2S/c8-7(10)11-3-2-9-6-1-4-12-5-6/h6,9H,1-5H2,(H2,8,10). The highest BCUT2D eigenvalue weighted by atomic mass is 32.2. The van der Waals surface area contributed by atoms with Crippen molar-refractivity contribution in [3.8, 4) is 0 Å². The Kier molecular flexibility index (Phi) is 4.24. The average Bonchev–Trinajstić information content (AvgIpc) is 2.49. The summed E-state index contributed by atoms with van der Waals surface area (Å²) in [4.78, 5) is 10.2. The van der Waals surface area contributed by atoms with Crippen LogP contribution in [0.15, 0.2) is 0 Å². The van der Waals surface area contributed by atoms with E-state index >= 15 is 0 Å². The lowest BCUT2D eigenvalue weighted by Gasteiger charge is -2.09. The molecular weight excluding hydrogens is 176 g/mol. The first kappa shape index (κ1) is 9.67. The van der Waals surface area contributed by atoms with E-state index in [1.54, 1.807) is 0 Å². The van der Waals surface area contributed by atoms with Crippen LogP contribution in [0.25, 0.3) is 0 Å². The molecule has 1 aliphatic heterocycles. The lowest BCUT2D eigenvalue weighted by atomic mass is 10.3. The lowest BCUT2D eigenvalue weighted by Crippen LogP contribution is -2.32. The van der Waals surface area contributed by atoms with Crippen molar-refractivity contribution in [3.63, 3.8) is 0 Å². The zero-order valence-corrected chi connectivity index (χ0v) is 7.73. The summed E-state index contributed by atoms with van der Waals surface area (Å²) in [6.45, 7) is 1.07. The lowest BCUT2D eigenvalue weighted by molar-refractivity contribution is 0.156. The molecule has 3 N–H and O–H groups in total. The summed E-state index contributed by atoms with van der Waals surface area (Å²) < 4.78 is 4.57. The summed E-state index contributed by atoms with van der Waals surface area (Å²) in [5.74, 6) is 2.39. The highest BCUT2D eigenvalue weighted by Gasteiger charge is 2.13. The normalized spacial score (nSPS) is 22.5. The molecule has 1 atom stereocenters. The molecule has 1 fully saturated rings. The van der Waals surface area contributed by atoms with Crippen molar-refractivity contribution < 1.29 is 9.53 Å². The maximum atomic E-state index is 10.2. The zero-order chi connectivity index (χ0) is 8.81. The van der Waals surface area contributed by atoms with Crippen molar-refractivity contribution in [2.75, 3.05) is 24.7 Å². The summed E-state index contributed by atoms with van der Waals surface area (Å²) in [5, 5.41) is 3.28. The largest absolute Gasteiger partial charge is 0.448 e. The number of hydrogen-bond acceptors (Lipinski definition) is 4. The minimum Gasteiger partial charge on any atom is -0.448 e. The van der Waals surface area contributed by atoms with Gasteiger partial charge in [-0.2, -0.15) is 11.8 Å². The minimum absolute atomic E-state index is 0.372. The zero-order valence-electron chi connectivity index (χ0n) is 6.91. The van der Waals surface area contributed by atoms with Gasteiger partial charge < -0.3 is 15.8 Å². The van der Waals surface area contributed by atoms with Crippen molar-refractivity contribution in [2.45, 2.75) is 12.5 Å². The van der Waals surface area contributed by atoms with Crippen LogP contribution in [0.3, 0.4) is 0 Å². The van der Waals surface area contributed by atoms with E-state index in [9.17, 15) is 4.79 Å². The molecule has 0 aromatic heterocycles. The van der Waals surface area contributed by atoms with Gasteiger partial charge in [0.1, 0.15) is 6.61 Å². The van der Waals surface area contributed by atoms with E-state index in [1.165, 1.54) is 12.2 Å². The molecule has 5 heteroatoms. The van der Waals surface area contributed by atoms with Crippen molar-refractivity contribution in [1.29, 1.82) is 0 Å². The molecule has 0 spiro atoms. The maximum absolute atomic E-state index is 10.2. The molecule has 1 saturated heterocycles. The van der Waals surface area contributed by atoms with Crippen LogP contribution in [0.1, 0.15) is 6.42 Å². The third-order valence-electron chi connectivity index (χ3n) is 1.71. The number of nitrogens with two attached hydrogens (primary N) is 1. The molecule has 1 aliphatic rings. The SMILES string of the molecule is NC(=O)OCCNC1CCSC1. The second-order valence-corrected chi connectivity index (χ2v) is 3.83. The van der Waals surface area contributed by atoms with Crippen LogP contribution < -0.4 is 11.1 Å². The molecular formula is C7H14N2O2S. The summed E-state index contributed by atoms with van der Waals surface area (Å²) in [7, 11) is 0. The molecule has 12 heavy (non-hydrogen) atoms. The Morgan fingerprint density at radius 1 is 1.75 bits per heavy atom. The Morgan fingerprint density at radius 2 is 2.58 bits per heavy atom. The molecule has 0 aliphatic carbocycles. The molecule has 70 valence electrons. The number of ether oxygens (including phenoxy) is 1. The summed E-state index contributed by atoms with van der Waals surface area (Å²) in [6, 6.07) is 0.589. The predicted octanol–water partition coefficient (Wildman–Crippen LogP) is 0.177. The number of thioether (sulfide) groups is 1. The number of nitrogens with one attached hydrogen (secondary N) is 1. The first-order valence-corrected chi connectivity index (χ1v) is 5.18. The van der Waals surface area contributed by atoms with E-state index in [0.717, 1.165) is 5.75 Å². The Balaban J connectivity index is 1.91. The maximum Gasteiger partial charge on any atom is 0.404 e. The van der Waals surface area contributed by atoms with E-state index in [0.29, 0.717) is 19.2 Å². The molecule has 0 saturated carbocycles. The highest BCUT2D eigenvalue weighted by Crippen LogP contribution is 2.16. The van der Waals surface area contributed by atoms with Gasteiger partial charge in [0.05, 0.1) is 0 Å². The van der Waals surface area contributed by atoms with Gasteiger partial charge >= 0.3 is 6.09 Å². The van der Waals surface area contributed by atoms with E-state index in [4.69, 9.17) is 5.73 Å². The van der Waals surface area contributed by atoms with Crippen LogP contribution >= 0.6 is 11.8 Å². The molecule has 0 aromatic carbocycles. The minimum atomic E-state index is -0.697. The Bertz CT molecular complexity index is 148. The number of carbonyl (C=O) groups is 1. The topological polar surface area (TPSA) is 64.4 Å². The van der Waals surface area contributed by atoms with E-state index in [1.807, 2.05) is 11.8 Å². The number of amides is 1. The fraction of sp³-hybridized carbons (Fsp3) is 0.857. The molecule has 0 aromatic rings. The van der Waals surface area contributed by atoms with Gasteiger partial charge in [0.25, 0.3) is 0 Å². The summed E-state index contributed by atoms with van der Waals surface area (Å²) >= 11 is 1.95. The fourth-order valence-electron chi connectivity index (χ4n) is 1.11. The van der Waals surface area contributed by atoms with Gasteiger partial charge in [-0.25, -0.2) is 4.79 Å². The van der Waals surface area contributed by atoms with Crippen LogP contribution in [0, 0.1) is 0 Å². The molecule has 1 heterocycles. The summed E-state index contributed by atoms with van der Waals surface area (Å²) in [5.41, 5.74) is 4.79. The smallest absolute Gasteiger partial charge is 0.404 e. The van der Waals surface area contributed by atoms with Crippen LogP contribution in [-0.4, -0.2) is 36.8 Å². The first-order chi connectivity index (χ1) is 5.79. The Hall–Kier alpha value is -0.420. The quantitative estimate of drug-likeness (QED) is 0.621. The third kappa shape index (κ3) is 3.82. The third-order valence-corrected chi connectivity index (χ3v) is 2.87. The second kappa shape index (κ2) is 5.27. The molecule has 1 amide bonds. The fourth-order valence-corrected chi connectivity index (χ4v) is 2.30. The van der Waals surface area contributed by atoms with Gasteiger partial charge in [-0.05, 0) is 12.2 Å². The summed E-state index contributed by atoms with van der Waals surface area (Å²) in [6.07, 6.45) is 0.513. The van der Waals surface area contributed by atoms with Crippen LogP contribution in [0.2, 0.25) is 0 Å². The van der Waals surface area contributed by atoms with Gasteiger partial charge in [-0.3, -0.25) is 0 Å². The number of carbonyl (C=O) groups excluding carboxylic acids is 1. The van der Waals surface area contributed by atoms with Crippen molar-refractivity contribution in [1.82, 2.24) is 5.32 Å². The van der Waals surface area contributed by atoms with Crippen LogP contribution in [-0.2, 0) is 4.74 Å². The van der Waals surface area contributed by atoms with Crippen LogP contribution in [0.4, 0.5) is 4.79 Å². The Labute approximate surface area is 76.2 Å². The van der Waals surface area contributed by atoms with E-state index in [-0.39, 0.29) is 0 Å². The predicted molar refractivity (Wildman–Crippen MR) is 49.3 cm³/mol. The number of hydrogen-bond donors (Lipinski definition) is 2. The molecule has 4 nitrogen and oxygen atoms in total. The molecule has 0 radical (unpaired) electrons. The van der Waals surface area contributed by atoms with E-state index in [2.05, 4.69) is 10.1 Å². The number of primary amides is 1. The van der Waals surface area contributed by atoms with Crippen LogP contribution in [0.5, 0.6) is 0 Å². The van der Waals surface area contributed by atoms with Gasteiger partial charge in [-0.1, -0.05) is 0 Å². The van der Waals surface area contributed by atoms with Crippen molar-refractivity contribution in [3.05, 3.63) is 0 Å². The number of rotatable bonds is 4. The molecule has 1 unspecified atom stereocenters. The average molecular weight is 190 g/mol. The van der Waals surface area contributed by atoms with Gasteiger partial charge in [0.15, 0.2) is 0 Å². The second-order valence-electron chi connectivity index (χ2n) is 2.68. The van der Waals surface area contributed by atoms with Gasteiger partial charge in [0, 0.05) is 18.3 Å². The highest BCUT2D eigenvalue weighted by molar-refractivity contribution is 7.99. The van der Waals surface area contributed by atoms with Crippen molar-refractivity contribution in [2.24, 2.45) is 5.73 Å². The Morgan fingerprint density at radius 3 is 3.17 bits per heavy atom.